The number of fused-ring (bicyclic) bond motifs is 3. The first-order valence-corrected chi connectivity index (χ1v) is 8.88. The standard InChI is InChI=1S/C16H16ClN3OS/c17-13-11-3-1-2-4-12(11)22-14(13)15-18-16(21-19-15)9-20-7-5-10(16)6-8-20/h1-4,10H,5-9H2,(H,18,19). The molecule has 6 rings (SSSR count). The summed E-state index contributed by atoms with van der Waals surface area (Å²) in [5.41, 5.74) is 2.66. The van der Waals surface area contributed by atoms with Crippen molar-refractivity contribution in [1.82, 2.24) is 10.4 Å². The number of hydroxylamine groups is 1. The Morgan fingerprint density at radius 3 is 2.86 bits per heavy atom. The Kier molecular flexibility index (Phi) is 2.83. The van der Waals surface area contributed by atoms with Gasteiger partial charge >= 0.3 is 0 Å². The summed E-state index contributed by atoms with van der Waals surface area (Å²) in [7, 11) is 0. The fourth-order valence-electron chi connectivity index (χ4n) is 3.87. The van der Waals surface area contributed by atoms with E-state index in [2.05, 4.69) is 22.5 Å². The minimum Gasteiger partial charge on any atom is -0.298 e. The van der Waals surface area contributed by atoms with Crippen molar-refractivity contribution in [3.05, 3.63) is 34.2 Å². The van der Waals surface area contributed by atoms with Gasteiger partial charge in [-0.15, -0.1) is 11.3 Å². The second-order valence-corrected chi connectivity index (χ2v) is 7.73. The van der Waals surface area contributed by atoms with Crippen LogP contribution in [-0.4, -0.2) is 36.1 Å². The maximum atomic E-state index is 6.57. The molecule has 5 heterocycles. The van der Waals surface area contributed by atoms with E-state index >= 15 is 0 Å². The zero-order chi connectivity index (χ0) is 14.7. The lowest BCUT2D eigenvalue weighted by atomic mass is 9.81. The molecule has 3 saturated heterocycles. The summed E-state index contributed by atoms with van der Waals surface area (Å²) in [6.45, 7) is 3.23. The molecule has 0 saturated carbocycles. The third-order valence-corrected chi connectivity index (χ3v) is 6.73. The van der Waals surface area contributed by atoms with Gasteiger partial charge in [-0.05, 0) is 32.0 Å². The van der Waals surface area contributed by atoms with Gasteiger partial charge in [-0.2, -0.15) is 0 Å². The summed E-state index contributed by atoms with van der Waals surface area (Å²) in [4.78, 5) is 14.4. The number of rotatable bonds is 1. The highest BCUT2D eigenvalue weighted by atomic mass is 35.5. The summed E-state index contributed by atoms with van der Waals surface area (Å²) >= 11 is 8.24. The van der Waals surface area contributed by atoms with Crippen molar-refractivity contribution in [3.63, 3.8) is 0 Å². The zero-order valence-electron chi connectivity index (χ0n) is 12.0. The van der Waals surface area contributed by atoms with Crippen molar-refractivity contribution in [3.8, 4) is 0 Å². The molecule has 114 valence electrons. The lowest BCUT2D eigenvalue weighted by Gasteiger charge is -2.47. The molecule has 1 N–H and O–H groups in total. The molecule has 22 heavy (non-hydrogen) atoms. The van der Waals surface area contributed by atoms with E-state index in [-0.39, 0.29) is 0 Å². The van der Waals surface area contributed by atoms with Crippen LogP contribution in [0.4, 0.5) is 0 Å². The Balaban J connectivity index is 1.58. The van der Waals surface area contributed by atoms with Crippen LogP contribution in [0.3, 0.4) is 0 Å². The van der Waals surface area contributed by atoms with Gasteiger partial charge < -0.3 is 0 Å². The Morgan fingerprint density at radius 2 is 2.14 bits per heavy atom. The molecule has 2 bridgehead atoms. The molecule has 1 unspecified atom stereocenters. The van der Waals surface area contributed by atoms with Crippen LogP contribution in [0.2, 0.25) is 5.02 Å². The van der Waals surface area contributed by atoms with E-state index in [4.69, 9.17) is 21.4 Å². The van der Waals surface area contributed by atoms with Crippen LogP contribution < -0.4 is 5.48 Å². The van der Waals surface area contributed by atoms with Crippen LogP contribution >= 0.6 is 22.9 Å². The Labute approximate surface area is 137 Å². The molecule has 1 aromatic heterocycles. The van der Waals surface area contributed by atoms with Crippen LogP contribution in [0.25, 0.3) is 10.1 Å². The third-order valence-electron chi connectivity index (χ3n) is 5.05. The van der Waals surface area contributed by atoms with Crippen molar-refractivity contribution in [2.75, 3.05) is 19.6 Å². The van der Waals surface area contributed by atoms with Gasteiger partial charge in [-0.25, -0.2) is 15.3 Å². The summed E-state index contributed by atoms with van der Waals surface area (Å²) in [5.74, 6) is 1.30. The minimum atomic E-state index is -0.411. The molecule has 4 aliphatic rings. The molecule has 1 aromatic carbocycles. The van der Waals surface area contributed by atoms with Crippen molar-refractivity contribution in [1.29, 1.82) is 0 Å². The predicted octanol–water partition coefficient (Wildman–Crippen LogP) is 3.26. The second-order valence-electron chi connectivity index (χ2n) is 6.30. The summed E-state index contributed by atoms with van der Waals surface area (Å²) < 4.78 is 1.18. The largest absolute Gasteiger partial charge is 0.298 e. The van der Waals surface area contributed by atoms with E-state index in [0.717, 1.165) is 27.7 Å². The van der Waals surface area contributed by atoms with Crippen molar-refractivity contribution >= 4 is 38.9 Å². The molecular weight excluding hydrogens is 318 g/mol. The molecule has 2 aromatic rings. The van der Waals surface area contributed by atoms with Crippen LogP contribution in [0.5, 0.6) is 0 Å². The van der Waals surface area contributed by atoms with E-state index in [1.807, 2.05) is 12.1 Å². The van der Waals surface area contributed by atoms with Gasteiger partial charge in [0.15, 0.2) is 5.84 Å². The first-order chi connectivity index (χ1) is 10.8. The van der Waals surface area contributed by atoms with Gasteiger partial charge in [0.25, 0.3) is 0 Å². The molecule has 4 aliphatic heterocycles. The van der Waals surface area contributed by atoms with Crippen molar-refractivity contribution in [2.24, 2.45) is 10.9 Å². The van der Waals surface area contributed by atoms with E-state index < -0.39 is 5.72 Å². The van der Waals surface area contributed by atoms with Crippen LogP contribution in [0.1, 0.15) is 17.7 Å². The Morgan fingerprint density at radius 1 is 1.32 bits per heavy atom. The van der Waals surface area contributed by atoms with Gasteiger partial charge in [-0.1, -0.05) is 29.8 Å². The summed E-state index contributed by atoms with van der Waals surface area (Å²) in [5, 5.41) is 1.86. The quantitative estimate of drug-likeness (QED) is 0.870. The summed E-state index contributed by atoms with van der Waals surface area (Å²) in [6.07, 6.45) is 2.33. The van der Waals surface area contributed by atoms with E-state index in [1.165, 1.54) is 30.6 Å². The first-order valence-electron chi connectivity index (χ1n) is 7.69. The van der Waals surface area contributed by atoms with Gasteiger partial charge in [0.2, 0.25) is 5.72 Å². The number of thiophene rings is 1. The molecule has 6 heteroatoms. The van der Waals surface area contributed by atoms with Crippen molar-refractivity contribution < 1.29 is 4.84 Å². The van der Waals surface area contributed by atoms with E-state index in [0.29, 0.717) is 5.92 Å². The fraction of sp³-hybridized carbons (Fsp3) is 0.438. The molecule has 0 amide bonds. The lowest BCUT2D eigenvalue weighted by Crippen LogP contribution is -2.58. The predicted molar refractivity (Wildman–Crippen MR) is 89.5 cm³/mol. The molecule has 4 nitrogen and oxygen atoms in total. The normalized spacial score (nSPS) is 33.4. The fourth-order valence-corrected chi connectivity index (χ4v) is 5.33. The zero-order valence-corrected chi connectivity index (χ0v) is 13.6. The monoisotopic (exact) mass is 333 g/mol. The van der Waals surface area contributed by atoms with Gasteiger partial charge in [0.05, 0.1) is 16.4 Å². The number of hydrogen-bond donors (Lipinski definition) is 1. The average Bonchev–Trinajstić information content (AvgIpc) is 3.11. The first kappa shape index (κ1) is 13.3. The maximum Gasteiger partial charge on any atom is 0.202 e. The van der Waals surface area contributed by atoms with Crippen LogP contribution in [0, 0.1) is 5.92 Å². The Bertz CT molecular complexity index is 781. The number of amidine groups is 1. The average molecular weight is 334 g/mol. The number of hydrogen-bond acceptors (Lipinski definition) is 5. The van der Waals surface area contributed by atoms with Crippen LogP contribution in [0.15, 0.2) is 29.3 Å². The number of aliphatic imine (C=N–C) groups is 1. The smallest absolute Gasteiger partial charge is 0.202 e. The van der Waals surface area contributed by atoms with E-state index in [9.17, 15) is 0 Å². The molecular formula is C16H16ClN3OS. The molecule has 0 aliphatic carbocycles. The highest BCUT2D eigenvalue weighted by molar-refractivity contribution is 7.21. The number of nitrogens with zero attached hydrogens (tertiary/aromatic N) is 2. The SMILES string of the molecule is Clc1c(C2=NC3(CN4CCC3CC4)ON2)sc2ccccc12. The Hall–Kier alpha value is -1.14. The third kappa shape index (κ3) is 1.80. The minimum absolute atomic E-state index is 0.411. The maximum absolute atomic E-state index is 6.57. The topological polar surface area (TPSA) is 36.9 Å². The number of halogens is 1. The van der Waals surface area contributed by atoms with Gasteiger partial charge in [0, 0.05) is 16.0 Å². The molecule has 3 fully saturated rings. The number of piperidine rings is 3. The lowest BCUT2D eigenvalue weighted by molar-refractivity contribution is -0.155. The highest BCUT2D eigenvalue weighted by Crippen LogP contribution is 2.43. The van der Waals surface area contributed by atoms with Crippen LogP contribution in [-0.2, 0) is 4.84 Å². The highest BCUT2D eigenvalue weighted by Gasteiger charge is 2.51. The number of benzene rings is 1. The van der Waals surface area contributed by atoms with Gasteiger partial charge in [0.1, 0.15) is 0 Å². The molecule has 1 spiro atoms. The number of nitrogens with one attached hydrogen (secondary N) is 1. The second kappa shape index (κ2) is 4.68. The molecule has 0 radical (unpaired) electrons. The van der Waals surface area contributed by atoms with E-state index in [1.54, 1.807) is 11.3 Å². The van der Waals surface area contributed by atoms with Gasteiger partial charge in [-0.3, -0.25) is 4.90 Å². The van der Waals surface area contributed by atoms with Crippen molar-refractivity contribution in [2.45, 2.75) is 18.6 Å². The summed E-state index contributed by atoms with van der Waals surface area (Å²) in [6, 6.07) is 8.20. The molecule has 1 atom stereocenters.